The Hall–Kier alpha value is -2.40. The highest BCUT2D eigenvalue weighted by Gasteiger charge is 2.46. The molecule has 124 valence electrons. The van der Waals surface area contributed by atoms with E-state index in [2.05, 4.69) is 17.1 Å². The molecule has 1 aromatic heterocycles. The molecule has 0 aliphatic carbocycles. The number of ether oxygens (including phenoxy) is 1. The van der Waals surface area contributed by atoms with Crippen LogP contribution in [0.25, 0.3) is 0 Å². The summed E-state index contributed by atoms with van der Waals surface area (Å²) in [6.07, 6.45) is 2.51. The number of carbonyl (C=O) groups is 1. The molecule has 0 bridgehead atoms. The lowest BCUT2D eigenvalue weighted by atomic mass is 9.92. The van der Waals surface area contributed by atoms with Gasteiger partial charge in [-0.2, -0.15) is 0 Å². The largest absolute Gasteiger partial charge is 0.364 e. The highest BCUT2D eigenvalue weighted by Crippen LogP contribution is 2.43. The maximum absolute atomic E-state index is 12.8. The zero-order chi connectivity index (χ0) is 16.7. The standard InChI is InChI=1S/C19H21N3O2/c1-21(2)17-8-7-14(11-20-17)18(23)22-10-9-19(13-22)16-6-4-3-5-15(16)12-24-19/h3-8,11H,9-10,12-13H2,1-2H3/t19-/m0/s1. The summed E-state index contributed by atoms with van der Waals surface area (Å²) in [5.41, 5.74) is 2.78. The zero-order valence-electron chi connectivity index (χ0n) is 14.0. The van der Waals surface area contributed by atoms with Crippen LogP contribution in [0.15, 0.2) is 42.6 Å². The van der Waals surface area contributed by atoms with Gasteiger partial charge in [0.1, 0.15) is 11.4 Å². The molecule has 4 rings (SSSR count). The summed E-state index contributed by atoms with van der Waals surface area (Å²) in [5, 5.41) is 0. The van der Waals surface area contributed by atoms with Gasteiger partial charge < -0.3 is 14.5 Å². The zero-order valence-corrected chi connectivity index (χ0v) is 14.0. The first-order valence-corrected chi connectivity index (χ1v) is 8.24. The lowest BCUT2D eigenvalue weighted by molar-refractivity contribution is -0.0283. The number of pyridine rings is 1. The molecule has 2 aromatic rings. The number of aromatic nitrogens is 1. The molecule has 0 unspecified atom stereocenters. The number of likely N-dealkylation sites (tertiary alicyclic amines) is 1. The van der Waals surface area contributed by atoms with Crippen molar-refractivity contribution in [3.63, 3.8) is 0 Å². The first-order chi connectivity index (χ1) is 11.6. The number of carbonyl (C=O) groups excluding carboxylic acids is 1. The third-order valence-electron chi connectivity index (χ3n) is 4.98. The van der Waals surface area contributed by atoms with Gasteiger partial charge in [-0.15, -0.1) is 0 Å². The fourth-order valence-corrected chi connectivity index (χ4v) is 3.64. The Balaban J connectivity index is 1.54. The molecular formula is C19H21N3O2. The second-order valence-electron chi connectivity index (χ2n) is 6.72. The average Bonchev–Trinajstić information content (AvgIpc) is 3.20. The van der Waals surface area contributed by atoms with Crippen molar-refractivity contribution in [2.75, 3.05) is 32.1 Å². The maximum Gasteiger partial charge on any atom is 0.255 e. The van der Waals surface area contributed by atoms with Gasteiger partial charge in [0.25, 0.3) is 5.91 Å². The predicted octanol–water partition coefficient (Wildman–Crippen LogP) is 2.42. The van der Waals surface area contributed by atoms with Gasteiger partial charge in [0, 0.05) is 26.8 Å². The average molecular weight is 323 g/mol. The van der Waals surface area contributed by atoms with Crippen molar-refractivity contribution in [2.45, 2.75) is 18.6 Å². The lowest BCUT2D eigenvalue weighted by Gasteiger charge is -2.24. The van der Waals surface area contributed by atoms with Crippen LogP contribution in [-0.2, 0) is 16.9 Å². The van der Waals surface area contributed by atoms with Crippen LogP contribution in [0.2, 0.25) is 0 Å². The molecule has 2 aliphatic heterocycles. The third-order valence-corrected chi connectivity index (χ3v) is 4.98. The number of hydrogen-bond donors (Lipinski definition) is 0. The van der Waals surface area contributed by atoms with Crippen LogP contribution in [0.3, 0.4) is 0 Å². The summed E-state index contributed by atoms with van der Waals surface area (Å²) in [4.78, 5) is 20.9. The number of benzene rings is 1. The summed E-state index contributed by atoms with van der Waals surface area (Å²) >= 11 is 0. The minimum absolute atomic E-state index is 0.0256. The summed E-state index contributed by atoms with van der Waals surface area (Å²) in [7, 11) is 3.87. The van der Waals surface area contributed by atoms with E-state index in [4.69, 9.17) is 4.74 Å². The molecule has 24 heavy (non-hydrogen) atoms. The van der Waals surface area contributed by atoms with Gasteiger partial charge in [-0.3, -0.25) is 4.79 Å². The van der Waals surface area contributed by atoms with E-state index >= 15 is 0 Å². The highest BCUT2D eigenvalue weighted by atomic mass is 16.5. The van der Waals surface area contributed by atoms with Crippen LogP contribution < -0.4 is 4.90 Å². The van der Waals surface area contributed by atoms with E-state index in [1.165, 1.54) is 11.1 Å². The van der Waals surface area contributed by atoms with Gasteiger partial charge in [0.15, 0.2) is 0 Å². The number of hydrogen-bond acceptors (Lipinski definition) is 4. The Morgan fingerprint density at radius 3 is 2.83 bits per heavy atom. The molecular weight excluding hydrogens is 302 g/mol. The van der Waals surface area contributed by atoms with E-state index < -0.39 is 0 Å². The molecule has 5 nitrogen and oxygen atoms in total. The molecule has 0 N–H and O–H groups in total. The quantitative estimate of drug-likeness (QED) is 0.851. The first kappa shape index (κ1) is 15.1. The Bertz CT molecular complexity index is 772. The topological polar surface area (TPSA) is 45.7 Å². The Kier molecular flexibility index (Phi) is 3.53. The molecule has 0 radical (unpaired) electrons. The van der Waals surface area contributed by atoms with Crippen LogP contribution in [0.4, 0.5) is 5.82 Å². The monoisotopic (exact) mass is 323 g/mol. The van der Waals surface area contributed by atoms with E-state index in [9.17, 15) is 4.79 Å². The normalized spacial score (nSPS) is 22.0. The maximum atomic E-state index is 12.8. The second kappa shape index (κ2) is 5.60. The van der Waals surface area contributed by atoms with Gasteiger partial charge in [0.2, 0.25) is 0 Å². The fourth-order valence-electron chi connectivity index (χ4n) is 3.64. The van der Waals surface area contributed by atoms with Crippen molar-refractivity contribution in [3.05, 3.63) is 59.3 Å². The van der Waals surface area contributed by atoms with Crippen molar-refractivity contribution in [2.24, 2.45) is 0 Å². The van der Waals surface area contributed by atoms with Crippen LogP contribution >= 0.6 is 0 Å². The van der Waals surface area contributed by atoms with Crippen LogP contribution in [0.1, 0.15) is 27.9 Å². The Labute approximate surface area is 141 Å². The van der Waals surface area contributed by atoms with Crippen molar-refractivity contribution in [1.29, 1.82) is 0 Å². The molecule has 1 amide bonds. The van der Waals surface area contributed by atoms with Gasteiger partial charge >= 0.3 is 0 Å². The molecule has 1 spiro atoms. The minimum atomic E-state index is -0.330. The van der Waals surface area contributed by atoms with Gasteiger partial charge in [-0.25, -0.2) is 4.98 Å². The van der Waals surface area contributed by atoms with Crippen LogP contribution in [-0.4, -0.2) is 43.0 Å². The van der Waals surface area contributed by atoms with E-state index in [1.54, 1.807) is 6.20 Å². The summed E-state index contributed by atoms with van der Waals surface area (Å²) in [6.45, 7) is 1.96. The van der Waals surface area contributed by atoms with Crippen molar-refractivity contribution in [1.82, 2.24) is 9.88 Å². The number of fused-ring (bicyclic) bond motifs is 2. The molecule has 1 saturated heterocycles. The van der Waals surface area contributed by atoms with E-state index in [0.29, 0.717) is 25.3 Å². The predicted molar refractivity (Wildman–Crippen MR) is 92.0 cm³/mol. The molecule has 3 heterocycles. The highest BCUT2D eigenvalue weighted by molar-refractivity contribution is 5.94. The van der Waals surface area contributed by atoms with E-state index in [0.717, 1.165) is 12.2 Å². The molecule has 1 atom stereocenters. The molecule has 5 heteroatoms. The smallest absolute Gasteiger partial charge is 0.255 e. The summed E-state index contributed by atoms with van der Waals surface area (Å²) in [6, 6.07) is 12.0. The van der Waals surface area contributed by atoms with Gasteiger partial charge in [0.05, 0.1) is 18.7 Å². The van der Waals surface area contributed by atoms with Crippen molar-refractivity contribution < 1.29 is 9.53 Å². The minimum Gasteiger partial charge on any atom is -0.364 e. The number of nitrogens with zero attached hydrogens (tertiary/aromatic N) is 3. The second-order valence-corrected chi connectivity index (χ2v) is 6.72. The molecule has 1 aromatic carbocycles. The first-order valence-electron chi connectivity index (χ1n) is 8.24. The third kappa shape index (κ3) is 2.36. The van der Waals surface area contributed by atoms with Crippen molar-refractivity contribution in [3.8, 4) is 0 Å². The molecule has 2 aliphatic rings. The number of rotatable bonds is 2. The molecule has 0 saturated carbocycles. The van der Waals surface area contributed by atoms with Crippen molar-refractivity contribution >= 4 is 11.7 Å². The Morgan fingerprint density at radius 2 is 2.08 bits per heavy atom. The SMILES string of the molecule is CN(C)c1ccc(C(=O)N2CC[C@@]3(C2)OCc2ccccc23)cn1. The Morgan fingerprint density at radius 1 is 1.25 bits per heavy atom. The summed E-state index contributed by atoms with van der Waals surface area (Å²) < 4.78 is 6.12. The van der Waals surface area contributed by atoms with Crippen LogP contribution in [0, 0.1) is 0 Å². The van der Waals surface area contributed by atoms with Crippen LogP contribution in [0.5, 0.6) is 0 Å². The lowest BCUT2D eigenvalue weighted by Crippen LogP contribution is -2.34. The van der Waals surface area contributed by atoms with Gasteiger partial charge in [-0.1, -0.05) is 24.3 Å². The fraction of sp³-hybridized carbons (Fsp3) is 0.368. The number of anilines is 1. The van der Waals surface area contributed by atoms with Gasteiger partial charge in [-0.05, 0) is 29.7 Å². The summed E-state index contributed by atoms with van der Waals surface area (Å²) in [5.74, 6) is 0.871. The van der Waals surface area contributed by atoms with E-state index in [1.807, 2.05) is 48.2 Å². The molecule has 1 fully saturated rings. The number of amides is 1. The van der Waals surface area contributed by atoms with E-state index in [-0.39, 0.29) is 11.5 Å².